The number of carbonyl (C=O) groups excluding carboxylic acids is 2. The number of Topliss-reactive ketones (excluding diaryl/α,β-unsaturated/α-hetero) is 1. The van der Waals surface area contributed by atoms with E-state index in [2.05, 4.69) is 0 Å². The Morgan fingerprint density at radius 2 is 1.46 bits per heavy atom. The predicted molar refractivity (Wildman–Crippen MR) is 110 cm³/mol. The van der Waals surface area contributed by atoms with E-state index >= 15 is 0 Å². The van der Waals surface area contributed by atoms with Crippen molar-refractivity contribution in [2.45, 2.75) is 58.2 Å². The Kier molecular flexibility index (Phi) is 7.94. The van der Waals surface area contributed by atoms with Crippen LogP contribution in [0.3, 0.4) is 0 Å². The largest absolute Gasteiger partial charge is 0.460 e. The number of benzene rings is 2. The lowest BCUT2D eigenvalue weighted by Crippen LogP contribution is -2.35. The van der Waals surface area contributed by atoms with E-state index in [1.54, 1.807) is 20.8 Å². The molecule has 0 aliphatic carbocycles. The standard InChI is InChI=1S/C24H30O4/c1-24(2,3)28-22(26)17-20(16-19-12-8-5-9-13-19)23(27)21(25)15-14-18-10-6-4-7-11-18/h4-13,20,23,27H,14-17H2,1-3H3/t20-,23?/m1/s1. The van der Waals surface area contributed by atoms with E-state index in [0.717, 1.165) is 11.1 Å². The number of rotatable bonds is 9. The first-order chi connectivity index (χ1) is 13.2. The Morgan fingerprint density at radius 3 is 2.00 bits per heavy atom. The number of carbonyl (C=O) groups is 2. The first kappa shape index (κ1) is 21.8. The summed E-state index contributed by atoms with van der Waals surface area (Å²) in [5, 5.41) is 10.7. The minimum absolute atomic E-state index is 0.00437. The molecule has 0 radical (unpaired) electrons. The van der Waals surface area contributed by atoms with Crippen LogP contribution in [0.2, 0.25) is 0 Å². The van der Waals surface area contributed by atoms with Gasteiger partial charge in [0.15, 0.2) is 5.78 Å². The number of aliphatic hydroxyl groups excluding tert-OH is 1. The number of aryl methyl sites for hydroxylation is 1. The van der Waals surface area contributed by atoms with Crippen LogP contribution < -0.4 is 0 Å². The van der Waals surface area contributed by atoms with E-state index in [1.165, 1.54) is 0 Å². The van der Waals surface area contributed by atoms with Crippen LogP contribution in [0.25, 0.3) is 0 Å². The molecule has 150 valence electrons. The Labute approximate surface area is 167 Å². The maximum Gasteiger partial charge on any atom is 0.306 e. The van der Waals surface area contributed by atoms with Gasteiger partial charge in [-0.25, -0.2) is 0 Å². The zero-order chi connectivity index (χ0) is 20.6. The lowest BCUT2D eigenvalue weighted by molar-refractivity contribution is -0.157. The average Bonchev–Trinajstić information content (AvgIpc) is 2.65. The molecule has 0 amide bonds. The van der Waals surface area contributed by atoms with Gasteiger partial charge in [-0.15, -0.1) is 0 Å². The van der Waals surface area contributed by atoms with Gasteiger partial charge in [0.2, 0.25) is 0 Å². The highest BCUT2D eigenvalue weighted by molar-refractivity contribution is 5.84. The van der Waals surface area contributed by atoms with Crippen LogP contribution in [0, 0.1) is 5.92 Å². The van der Waals surface area contributed by atoms with Crippen molar-refractivity contribution in [1.29, 1.82) is 0 Å². The Bertz CT molecular complexity index is 747. The first-order valence-electron chi connectivity index (χ1n) is 9.75. The molecular weight excluding hydrogens is 352 g/mol. The Hall–Kier alpha value is -2.46. The molecule has 1 unspecified atom stereocenters. The molecule has 0 aliphatic heterocycles. The molecular formula is C24H30O4. The number of aliphatic hydroxyl groups is 1. The van der Waals surface area contributed by atoms with Crippen molar-refractivity contribution in [3.8, 4) is 0 Å². The molecule has 0 bridgehead atoms. The number of esters is 1. The van der Waals surface area contributed by atoms with Crippen molar-refractivity contribution >= 4 is 11.8 Å². The predicted octanol–water partition coefficient (Wildman–Crippen LogP) is 4.14. The molecule has 0 aliphatic rings. The zero-order valence-corrected chi connectivity index (χ0v) is 16.9. The minimum atomic E-state index is -1.20. The van der Waals surface area contributed by atoms with E-state index in [0.29, 0.717) is 12.8 Å². The van der Waals surface area contributed by atoms with Gasteiger partial charge >= 0.3 is 5.97 Å². The van der Waals surface area contributed by atoms with E-state index in [4.69, 9.17) is 4.74 Å². The van der Waals surface area contributed by atoms with Crippen molar-refractivity contribution in [2.75, 3.05) is 0 Å². The molecule has 2 atom stereocenters. The summed E-state index contributed by atoms with van der Waals surface area (Å²) >= 11 is 0. The Morgan fingerprint density at radius 1 is 0.929 bits per heavy atom. The summed E-state index contributed by atoms with van der Waals surface area (Å²) in [6, 6.07) is 19.3. The van der Waals surface area contributed by atoms with Gasteiger partial charge in [0.1, 0.15) is 11.7 Å². The minimum Gasteiger partial charge on any atom is -0.460 e. The summed E-state index contributed by atoms with van der Waals surface area (Å²) in [5.41, 5.74) is 1.43. The fourth-order valence-electron chi connectivity index (χ4n) is 3.13. The van der Waals surface area contributed by atoms with Gasteiger partial charge in [0.05, 0.1) is 6.42 Å². The first-order valence-corrected chi connectivity index (χ1v) is 9.75. The molecule has 4 heteroatoms. The monoisotopic (exact) mass is 382 g/mol. The van der Waals surface area contributed by atoms with Gasteiger partial charge in [0.25, 0.3) is 0 Å². The third-order valence-electron chi connectivity index (χ3n) is 4.47. The molecule has 0 fully saturated rings. The fraction of sp³-hybridized carbons (Fsp3) is 0.417. The number of hydrogen-bond acceptors (Lipinski definition) is 4. The number of ether oxygens (including phenoxy) is 1. The van der Waals surface area contributed by atoms with E-state index in [-0.39, 0.29) is 18.6 Å². The van der Waals surface area contributed by atoms with E-state index in [9.17, 15) is 14.7 Å². The van der Waals surface area contributed by atoms with Gasteiger partial charge < -0.3 is 9.84 Å². The third-order valence-corrected chi connectivity index (χ3v) is 4.47. The maximum absolute atomic E-state index is 12.6. The molecule has 0 heterocycles. The number of ketones is 1. The van der Waals surface area contributed by atoms with Crippen molar-refractivity contribution in [1.82, 2.24) is 0 Å². The average molecular weight is 383 g/mol. The molecule has 4 nitrogen and oxygen atoms in total. The molecule has 1 N–H and O–H groups in total. The van der Waals surface area contributed by atoms with Gasteiger partial charge in [-0.05, 0) is 44.7 Å². The SMILES string of the molecule is CC(C)(C)OC(=O)C[C@@H](Cc1ccccc1)C(O)C(=O)CCc1ccccc1. The topological polar surface area (TPSA) is 63.6 Å². The summed E-state index contributed by atoms with van der Waals surface area (Å²) in [4.78, 5) is 24.9. The highest BCUT2D eigenvalue weighted by Gasteiger charge is 2.30. The molecule has 2 rings (SSSR count). The van der Waals surface area contributed by atoms with Crippen molar-refractivity contribution < 1.29 is 19.4 Å². The quantitative estimate of drug-likeness (QED) is 0.662. The summed E-state index contributed by atoms with van der Waals surface area (Å²) in [7, 11) is 0. The smallest absolute Gasteiger partial charge is 0.306 e. The maximum atomic E-state index is 12.6. The van der Waals surface area contributed by atoms with Crippen LogP contribution in [-0.2, 0) is 27.2 Å². The lowest BCUT2D eigenvalue weighted by Gasteiger charge is -2.25. The third kappa shape index (κ3) is 7.65. The van der Waals surface area contributed by atoms with E-state index in [1.807, 2.05) is 60.7 Å². The van der Waals surface area contributed by atoms with Crippen LogP contribution in [0.5, 0.6) is 0 Å². The second-order valence-electron chi connectivity index (χ2n) is 8.14. The molecule has 0 saturated carbocycles. The van der Waals surface area contributed by atoms with Gasteiger partial charge in [-0.3, -0.25) is 9.59 Å². The highest BCUT2D eigenvalue weighted by Crippen LogP contribution is 2.21. The number of hydrogen-bond donors (Lipinski definition) is 1. The highest BCUT2D eigenvalue weighted by atomic mass is 16.6. The molecule has 0 aromatic heterocycles. The fourth-order valence-corrected chi connectivity index (χ4v) is 3.13. The van der Waals surface area contributed by atoms with Crippen molar-refractivity contribution in [3.63, 3.8) is 0 Å². The summed E-state index contributed by atoms with van der Waals surface area (Å²) in [5.74, 6) is -1.16. The lowest BCUT2D eigenvalue weighted by atomic mass is 9.87. The second kappa shape index (κ2) is 10.2. The molecule has 2 aromatic carbocycles. The van der Waals surface area contributed by atoms with Crippen LogP contribution >= 0.6 is 0 Å². The van der Waals surface area contributed by atoms with Crippen LogP contribution in [-0.4, -0.2) is 28.6 Å². The second-order valence-corrected chi connectivity index (χ2v) is 8.14. The van der Waals surface area contributed by atoms with Crippen molar-refractivity contribution in [3.05, 3.63) is 71.8 Å². The van der Waals surface area contributed by atoms with Crippen LogP contribution in [0.4, 0.5) is 0 Å². The van der Waals surface area contributed by atoms with Crippen LogP contribution in [0.15, 0.2) is 60.7 Å². The van der Waals surface area contributed by atoms with Crippen molar-refractivity contribution in [2.24, 2.45) is 5.92 Å². The van der Waals surface area contributed by atoms with E-state index < -0.39 is 23.6 Å². The normalized spacial score (nSPS) is 13.6. The summed E-state index contributed by atoms with van der Waals surface area (Å²) in [6.07, 6.45) is 0.0609. The molecule has 0 spiro atoms. The Balaban J connectivity index is 2.05. The summed E-state index contributed by atoms with van der Waals surface area (Å²) < 4.78 is 5.40. The van der Waals surface area contributed by atoms with Crippen LogP contribution in [0.1, 0.15) is 44.7 Å². The summed E-state index contributed by atoms with van der Waals surface area (Å²) in [6.45, 7) is 5.41. The molecule has 2 aromatic rings. The van der Waals surface area contributed by atoms with Gasteiger partial charge in [0, 0.05) is 12.3 Å². The zero-order valence-electron chi connectivity index (χ0n) is 16.9. The molecule has 28 heavy (non-hydrogen) atoms. The molecule has 0 saturated heterocycles. The van der Waals surface area contributed by atoms with Gasteiger partial charge in [-0.2, -0.15) is 0 Å². The van der Waals surface area contributed by atoms with Gasteiger partial charge in [-0.1, -0.05) is 60.7 Å².